The van der Waals surface area contributed by atoms with Crippen LogP contribution < -0.4 is 5.32 Å². The van der Waals surface area contributed by atoms with E-state index in [1.165, 1.54) is 11.2 Å². The molecule has 2 aromatic heterocycles. The van der Waals surface area contributed by atoms with Crippen LogP contribution in [0.1, 0.15) is 16.2 Å². The van der Waals surface area contributed by atoms with E-state index in [4.69, 9.17) is 4.74 Å². The van der Waals surface area contributed by atoms with Gasteiger partial charge in [0.25, 0.3) is 11.8 Å². The number of carbonyl (C=O) groups excluding carboxylic acids is 2. The number of carbonyl (C=O) groups is 2. The number of rotatable bonds is 7. The van der Waals surface area contributed by atoms with Gasteiger partial charge in [0.15, 0.2) is 5.60 Å². The molecular formula is C22H23N5O3S. The van der Waals surface area contributed by atoms with E-state index in [9.17, 15) is 9.59 Å². The van der Waals surface area contributed by atoms with E-state index < -0.39 is 5.60 Å². The molecule has 1 saturated heterocycles. The van der Waals surface area contributed by atoms with E-state index in [1.54, 1.807) is 22.3 Å². The van der Waals surface area contributed by atoms with Crippen LogP contribution in [-0.4, -0.2) is 63.7 Å². The van der Waals surface area contributed by atoms with Crippen molar-refractivity contribution in [3.63, 3.8) is 0 Å². The third-order valence-corrected chi connectivity index (χ3v) is 6.08. The number of hydrogen-bond acceptors (Lipinski definition) is 6. The minimum atomic E-state index is -1.21. The van der Waals surface area contributed by atoms with Gasteiger partial charge in [-0.3, -0.25) is 14.7 Å². The maximum Gasteiger partial charge on any atom is 0.291 e. The van der Waals surface area contributed by atoms with E-state index >= 15 is 0 Å². The Morgan fingerprint density at radius 2 is 2.16 bits per heavy atom. The van der Waals surface area contributed by atoms with Crippen molar-refractivity contribution in [3.8, 4) is 10.4 Å². The van der Waals surface area contributed by atoms with E-state index in [-0.39, 0.29) is 30.8 Å². The normalized spacial score (nSPS) is 18.5. The number of morpholine rings is 1. The summed E-state index contributed by atoms with van der Waals surface area (Å²) in [6.07, 6.45) is 3.23. The summed E-state index contributed by atoms with van der Waals surface area (Å²) in [6.45, 7) is 4.70. The quantitative estimate of drug-likeness (QED) is 0.553. The fourth-order valence-corrected chi connectivity index (χ4v) is 4.36. The Morgan fingerprint density at radius 1 is 1.32 bits per heavy atom. The zero-order valence-electron chi connectivity index (χ0n) is 16.9. The first kappa shape index (κ1) is 21.0. The lowest BCUT2D eigenvalue weighted by atomic mass is 9.90. The number of benzene rings is 1. The first-order valence-electron chi connectivity index (χ1n) is 9.92. The van der Waals surface area contributed by atoms with Crippen LogP contribution >= 0.6 is 11.3 Å². The van der Waals surface area contributed by atoms with Crippen molar-refractivity contribution in [2.45, 2.75) is 12.0 Å². The molecule has 0 radical (unpaired) electrons. The molecule has 2 N–H and O–H groups in total. The number of hydrogen-bond donors (Lipinski definition) is 2. The Balaban J connectivity index is 1.58. The zero-order chi connectivity index (χ0) is 21.7. The lowest BCUT2D eigenvalue weighted by molar-refractivity contribution is -0.157. The predicted molar refractivity (Wildman–Crippen MR) is 118 cm³/mol. The first-order valence-corrected chi connectivity index (χ1v) is 10.8. The fraction of sp³-hybridized carbons (Fsp3) is 0.273. The molecule has 1 aliphatic heterocycles. The molecule has 0 spiro atoms. The molecule has 0 bridgehead atoms. The number of aromatic amines is 1. The number of amides is 2. The van der Waals surface area contributed by atoms with Crippen LogP contribution in [0.2, 0.25) is 0 Å². The molecule has 1 atom stereocenters. The summed E-state index contributed by atoms with van der Waals surface area (Å²) in [7, 11) is 0. The molecule has 0 unspecified atom stereocenters. The topological polar surface area (TPSA) is 100 Å². The number of aromatic nitrogens is 3. The molecule has 9 heteroatoms. The molecular weight excluding hydrogens is 414 g/mol. The predicted octanol–water partition coefficient (Wildman–Crippen LogP) is 2.29. The molecule has 160 valence electrons. The van der Waals surface area contributed by atoms with Crippen molar-refractivity contribution in [1.82, 2.24) is 25.4 Å². The van der Waals surface area contributed by atoms with Crippen molar-refractivity contribution in [1.29, 1.82) is 0 Å². The Labute approximate surface area is 184 Å². The number of nitrogens with zero attached hydrogens (tertiary/aromatic N) is 3. The third-order valence-electron chi connectivity index (χ3n) is 5.16. The molecule has 3 heterocycles. The molecule has 0 aliphatic carbocycles. The van der Waals surface area contributed by atoms with Gasteiger partial charge in [-0.05, 0) is 22.6 Å². The standard InChI is InChI=1S/C22H23N5O3S/c1-2-9-23-21(29)22(13-16-5-7-17(8-6-16)18-4-3-12-31-18)14-27(10-11-30-22)20(28)19-24-15-25-26-19/h2-8,12,15H,1,9-11,13-14H2,(H,23,29)(H,24,25,26)/t22-/m1/s1. The SMILES string of the molecule is C=CCNC(=O)[C@@]1(Cc2ccc(-c3cccs3)cc2)CN(C(=O)c2ncn[nH]2)CCO1. The van der Waals surface area contributed by atoms with Gasteiger partial charge in [0.05, 0.1) is 13.2 Å². The molecule has 1 fully saturated rings. The van der Waals surface area contributed by atoms with Gasteiger partial charge in [0.1, 0.15) is 6.33 Å². The maximum absolute atomic E-state index is 13.1. The maximum atomic E-state index is 13.1. The van der Waals surface area contributed by atoms with Crippen molar-refractivity contribution in [3.05, 3.63) is 72.1 Å². The van der Waals surface area contributed by atoms with Gasteiger partial charge in [-0.2, -0.15) is 5.10 Å². The molecule has 31 heavy (non-hydrogen) atoms. The largest absolute Gasteiger partial charge is 0.361 e. The van der Waals surface area contributed by atoms with Gasteiger partial charge in [0, 0.05) is 24.4 Å². The van der Waals surface area contributed by atoms with Gasteiger partial charge in [-0.25, -0.2) is 4.98 Å². The van der Waals surface area contributed by atoms with Crippen molar-refractivity contribution in [2.24, 2.45) is 0 Å². The summed E-state index contributed by atoms with van der Waals surface area (Å²) in [5.41, 5.74) is 0.861. The van der Waals surface area contributed by atoms with E-state index in [1.807, 2.05) is 35.7 Å². The van der Waals surface area contributed by atoms with Gasteiger partial charge in [-0.1, -0.05) is 36.4 Å². The fourth-order valence-electron chi connectivity index (χ4n) is 3.63. The van der Waals surface area contributed by atoms with Gasteiger partial charge in [0.2, 0.25) is 5.82 Å². The summed E-state index contributed by atoms with van der Waals surface area (Å²) >= 11 is 1.68. The Morgan fingerprint density at radius 3 is 2.84 bits per heavy atom. The van der Waals surface area contributed by atoms with Crippen LogP contribution in [0.4, 0.5) is 0 Å². The Kier molecular flexibility index (Phi) is 6.24. The molecule has 2 amide bonds. The van der Waals surface area contributed by atoms with Crippen LogP contribution in [0, 0.1) is 0 Å². The van der Waals surface area contributed by atoms with Crippen LogP contribution in [0.5, 0.6) is 0 Å². The molecule has 8 nitrogen and oxygen atoms in total. The van der Waals surface area contributed by atoms with E-state index in [0.717, 1.165) is 11.1 Å². The third kappa shape index (κ3) is 4.57. The Bertz CT molecular complexity index is 1030. The van der Waals surface area contributed by atoms with E-state index in [2.05, 4.69) is 33.1 Å². The van der Waals surface area contributed by atoms with Gasteiger partial charge in [-0.15, -0.1) is 17.9 Å². The first-order chi connectivity index (χ1) is 15.1. The second-order valence-corrected chi connectivity index (χ2v) is 8.20. The number of thiophene rings is 1. The highest BCUT2D eigenvalue weighted by atomic mass is 32.1. The van der Waals surface area contributed by atoms with Crippen LogP contribution in [0.25, 0.3) is 10.4 Å². The van der Waals surface area contributed by atoms with Gasteiger partial charge < -0.3 is 15.0 Å². The minimum Gasteiger partial charge on any atom is -0.361 e. The average Bonchev–Trinajstić information content (AvgIpc) is 3.52. The summed E-state index contributed by atoms with van der Waals surface area (Å²) in [4.78, 5) is 32.6. The summed E-state index contributed by atoms with van der Waals surface area (Å²) in [5.74, 6) is -0.442. The van der Waals surface area contributed by atoms with Gasteiger partial charge >= 0.3 is 0 Å². The van der Waals surface area contributed by atoms with Crippen molar-refractivity contribution >= 4 is 23.2 Å². The average molecular weight is 438 g/mol. The summed E-state index contributed by atoms with van der Waals surface area (Å²) < 4.78 is 6.04. The van der Waals surface area contributed by atoms with Crippen LogP contribution in [0.15, 0.2) is 60.8 Å². The number of H-pyrrole nitrogens is 1. The minimum absolute atomic E-state index is 0.113. The Hall–Kier alpha value is -3.30. The van der Waals surface area contributed by atoms with Crippen LogP contribution in [0.3, 0.4) is 0 Å². The lowest BCUT2D eigenvalue weighted by Crippen LogP contribution is -2.62. The lowest BCUT2D eigenvalue weighted by Gasteiger charge is -2.41. The number of ether oxygens (including phenoxy) is 1. The summed E-state index contributed by atoms with van der Waals surface area (Å²) in [6, 6.07) is 12.2. The number of nitrogens with one attached hydrogen (secondary N) is 2. The smallest absolute Gasteiger partial charge is 0.291 e. The monoisotopic (exact) mass is 437 g/mol. The second kappa shape index (κ2) is 9.23. The van der Waals surface area contributed by atoms with Crippen molar-refractivity contribution < 1.29 is 14.3 Å². The zero-order valence-corrected chi connectivity index (χ0v) is 17.7. The highest BCUT2D eigenvalue weighted by Crippen LogP contribution is 2.28. The molecule has 0 saturated carbocycles. The summed E-state index contributed by atoms with van der Waals surface area (Å²) in [5, 5.41) is 11.2. The molecule has 3 aromatic rings. The van der Waals surface area contributed by atoms with Crippen molar-refractivity contribution in [2.75, 3.05) is 26.2 Å². The van der Waals surface area contributed by atoms with Crippen LogP contribution in [-0.2, 0) is 16.0 Å². The van der Waals surface area contributed by atoms with E-state index in [0.29, 0.717) is 19.5 Å². The molecule has 1 aromatic carbocycles. The highest BCUT2D eigenvalue weighted by Gasteiger charge is 2.45. The molecule has 1 aliphatic rings. The highest BCUT2D eigenvalue weighted by molar-refractivity contribution is 7.13. The molecule has 4 rings (SSSR count). The second-order valence-electron chi connectivity index (χ2n) is 7.25.